The van der Waals surface area contributed by atoms with Crippen LogP contribution in [0.15, 0.2) is 17.1 Å². The van der Waals surface area contributed by atoms with Crippen LogP contribution in [0.25, 0.3) is 0 Å². The van der Waals surface area contributed by atoms with Crippen LogP contribution in [0.4, 0.5) is 5.69 Å². The van der Waals surface area contributed by atoms with Gasteiger partial charge in [0, 0.05) is 36.3 Å². The zero-order chi connectivity index (χ0) is 33.4. The van der Waals surface area contributed by atoms with Gasteiger partial charge in [0.1, 0.15) is 5.75 Å². The van der Waals surface area contributed by atoms with Gasteiger partial charge in [0.05, 0.1) is 50.1 Å². The maximum Gasteiger partial charge on any atom is 0.317 e. The summed E-state index contributed by atoms with van der Waals surface area (Å²) >= 11 is 4.69. The van der Waals surface area contributed by atoms with E-state index < -0.39 is 92.9 Å². The molecule has 2 unspecified atom stereocenters. The van der Waals surface area contributed by atoms with Crippen LogP contribution < -0.4 is 10.6 Å². The van der Waals surface area contributed by atoms with Gasteiger partial charge in [-0.3, -0.25) is 49.2 Å². The Hall–Kier alpha value is -4.52. The molecule has 0 aliphatic carbocycles. The van der Waals surface area contributed by atoms with E-state index in [1.54, 1.807) is 0 Å². The molecular formula is C25H33N5O13S. The number of aliphatic imine (C=N–C) groups is 1. The van der Waals surface area contributed by atoms with Crippen molar-refractivity contribution in [2.45, 2.75) is 24.9 Å². The Labute approximate surface area is 255 Å². The van der Waals surface area contributed by atoms with Gasteiger partial charge in [-0.2, -0.15) is 4.99 Å². The Kier molecular flexibility index (Phi) is 16.1. The maximum atomic E-state index is 11.4. The smallest absolute Gasteiger partial charge is 0.317 e. The second-order valence-corrected chi connectivity index (χ2v) is 9.59. The monoisotopic (exact) mass is 643 g/mol. The summed E-state index contributed by atoms with van der Waals surface area (Å²) in [5.74, 6) is -8.27. The van der Waals surface area contributed by atoms with E-state index >= 15 is 0 Å². The summed E-state index contributed by atoms with van der Waals surface area (Å²) in [5.41, 5.74) is 0.134. The van der Waals surface area contributed by atoms with E-state index in [0.29, 0.717) is 0 Å². The topological polar surface area (TPSA) is 287 Å². The zero-order valence-electron chi connectivity index (χ0n) is 23.2. The molecule has 0 amide bonds. The van der Waals surface area contributed by atoms with Crippen molar-refractivity contribution in [1.82, 2.24) is 20.4 Å². The van der Waals surface area contributed by atoms with Gasteiger partial charge in [-0.15, -0.1) is 0 Å². The van der Waals surface area contributed by atoms with Gasteiger partial charge in [0.2, 0.25) is 0 Å². The number of carbonyl (C=O) groups is 6. The van der Waals surface area contributed by atoms with Crippen LogP contribution in [0.2, 0.25) is 0 Å². The fraction of sp³-hybridized carbons (Fsp3) is 0.480. The van der Waals surface area contributed by atoms with Crippen molar-refractivity contribution in [2.24, 2.45) is 4.99 Å². The van der Waals surface area contributed by atoms with Crippen molar-refractivity contribution >= 4 is 58.9 Å². The number of carboxylic acids is 6. The standard InChI is InChI=1S/C25H33N5O13S/c31-19(32)7-26-17(1-3-29(9-21(35)36)10-22(37)38)15-5-14(28-13-44)6-16(25(15)43)18(27-8-20(33)34)2-4-30(11-23(39)40)12-24(41)42/h5-6,17-18,26-27,43H,1-4,7-12H2,(H,31,32)(H,33,34)(H,35,36)(H,37,38)(H,39,40)(H,41,42). The first-order valence-corrected chi connectivity index (χ1v) is 13.2. The lowest BCUT2D eigenvalue weighted by molar-refractivity contribution is -0.143. The van der Waals surface area contributed by atoms with Gasteiger partial charge in [-0.1, -0.05) is 0 Å². The molecule has 0 radical (unpaired) electrons. The minimum Gasteiger partial charge on any atom is -0.507 e. The number of hydrogen-bond donors (Lipinski definition) is 9. The average molecular weight is 644 g/mol. The number of rotatable bonds is 23. The number of aromatic hydroxyl groups is 1. The van der Waals surface area contributed by atoms with Crippen molar-refractivity contribution in [3.05, 3.63) is 23.3 Å². The Morgan fingerprint density at radius 1 is 0.682 bits per heavy atom. The van der Waals surface area contributed by atoms with Crippen LogP contribution in [-0.4, -0.2) is 139 Å². The van der Waals surface area contributed by atoms with E-state index in [-0.39, 0.29) is 42.7 Å². The molecule has 1 aromatic rings. The Bertz CT molecular complexity index is 1160. The van der Waals surface area contributed by atoms with Crippen molar-refractivity contribution in [3.8, 4) is 5.75 Å². The summed E-state index contributed by atoms with van der Waals surface area (Å²) in [5, 5.41) is 74.1. The molecule has 9 N–H and O–H groups in total. The molecule has 18 nitrogen and oxygen atoms in total. The lowest BCUT2D eigenvalue weighted by Gasteiger charge is -2.27. The van der Waals surface area contributed by atoms with Crippen molar-refractivity contribution in [1.29, 1.82) is 0 Å². The lowest BCUT2D eigenvalue weighted by atomic mass is 9.93. The Morgan fingerprint density at radius 2 is 1.02 bits per heavy atom. The molecular weight excluding hydrogens is 610 g/mol. The molecule has 44 heavy (non-hydrogen) atoms. The molecule has 0 bridgehead atoms. The number of isothiocyanates is 1. The summed E-state index contributed by atoms with van der Waals surface area (Å²) in [7, 11) is 0. The van der Waals surface area contributed by atoms with Crippen molar-refractivity contribution in [2.75, 3.05) is 52.4 Å². The van der Waals surface area contributed by atoms with E-state index in [2.05, 4.69) is 33.0 Å². The van der Waals surface area contributed by atoms with E-state index in [1.807, 2.05) is 0 Å². The quantitative estimate of drug-likeness (QED) is 0.0525. The SMILES string of the molecule is O=C(O)CNC(CCN(CC(=O)O)CC(=O)O)c1cc(N=C=S)cc(C(CCN(CC(=O)O)CC(=O)O)NCC(=O)O)c1O. The number of phenolic OH excluding ortho intramolecular Hbond substituents is 1. The van der Waals surface area contributed by atoms with Crippen LogP contribution >= 0.6 is 12.2 Å². The maximum absolute atomic E-state index is 11.4. The number of hydrogen-bond acceptors (Lipinski definition) is 13. The van der Waals surface area contributed by atoms with Crippen molar-refractivity contribution in [3.63, 3.8) is 0 Å². The summed E-state index contributed by atoms with van der Waals surface area (Å²) in [6.45, 7) is -4.18. The van der Waals surface area contributed by atoms with E-state index in [4.69, 9.17) is 20.4 Å². The van der Waals surface area contributed by atoms with Gasteiger partial charge in [0.25, 0.3) is 0 Å². The third kappa shape index (κ3) is 14.6. The minimum atomic E-state index is -1.31. The molecule has 0 spiro atoms. The molecule has 2 atom stereocenters. The molecule has 0 aromatic heterocycles. The second-order valence-electron chi connectivity index (χ2n) is 9.40. The van der Waals surface area contributed by atoms with E-state index in [1.165, 1.54) is 12.1 Å². The molecule has 19 heteroatoms. The highest BCUT2D eigenvalue weighted by atomic mass is 32.1. The van der Waals surface area contributed by atoms with Gasteiger partial charge in [-0.25, -0.2) is 0 Å². The van der Waals surface area contributed by atoms with Crippen LogP contribution in [0.3, 0.4) is 0 Å². The third-order valence-electron chi connectivity index (χ3n) is 5.98. The van der Waals surface area contributed by atoms with E-state index in [0.717, 1.165) is 9.80 Å². The van der Waals surface area contributed by atoms with Gasteiger partial charge in [-0.05, 0) is 37.2 Å². The van der Waals surface area contributed by atoms with Gasteiger partial charge < -0.3 is 35.7 Å². The molecule has 242 valence electrons. The van der Waals surface area contributed by atoms with Gasteiger partial charge in [0.15, 0.2) is 0 Å². The largest absolute Gasteiger partial charge is 0.507 e. The third-order valence-corrected chi connectivity index (χ3v) is 6.07. The van der Waals surface area contributed by atoms with Crippen LogP contribution in [0, 0.1) is 0 Å². The first-order valence-electron chi connectivity index (χ1n) is 12.8. The summed E-state index contributed by atoms with van der Waals surface area (Å²) in [6.07, 6.45) is -0.215. The number of phenols is 1. The minimum absolute atomic E-state index is 0.0217. The summed E-state index contributed by atoms with van der Waals surface area (Å²) in [4.78, 5) is 73.7. The number of benzene rings is 1. The molecule has 0 saturated heterocycles. The van der Waals surface area contributed by atoms with Crippen LogP contribution in [0.5, 0.6) is 5.75 Å². The highest BCUT2D eigenvalue weighted by Gasteiger charge is 2.26. The molecule has 0 aliphatic rings. The first-order chi connectivity index (χ1) is 20.6. The average Bonchev–Trinajstić information content (AvgIpc) is 2.88. The van der Waals surface area contributed by atoms with Gasteiger partial charge >= 0.3 is 35.8 Å². The Morgan fingerprint density at radius 3 is 1.30 bits per heavy atom. The molecule has 0 saturated carbocycles. The Balaban J connectivity index is 3.63. The number of aliphatic carboxylic acids is 6. The molecule has 0 aliphatic heterocycles. The number of thiocarbonyl (C=S) groups is 1. The highest BCUT2D eigenvalue weighted by Crippen LogP contribution is 2.38. The van der Waals surface area contributed by atoms with Crippen LogP contribution in [0.1, 0.15) is 36.1 Å². The highest BCUT2D eigenvalue weighted by molar-refractivity contribution is 7.78. The fourth-order valence-electron chi connectivity index (χ4n) is 4.28. The molecule has 1 aromatic carbocycles. The number of carboxylic acid groups (broad SMARTS) is 6. The second kappa shape index (κ2) is 18.9. The summed E-state index contributed by atoms with van der Waals surface area (Å²) in [6, 6.07) is 0.578. The molecule has 1 rings (SSSR count). The van der Waals surface area contributed by atoms with Crippen LogP contribution in [-0.2, 0) is 28.8 Å². The number of nitrogens with one attached hydrogen (secondary N) is 2. The normalized spacial score (nSPS) is 12.3. The number of nitrogens with zero attached hydrogens (tertiary/aromatic N) is 3. The predicted molar refractivity (Wildman–Crippen MR) is 152 cm³/mol. The summed E-state index contributed by atoms with van der Waals surface area (Å²) < 4.78 is 0. The predicted octanol–water partition coefficient (Wildman–Crippen LogP) is -0.720. The zero-order valence-corrected chi connectivity index (χ0v) is 24.0. The lowest BCUT2D eigenvalue weighted by Crippen LogP contribution is -2.38. The van der Waals surface area contributed by atoms with Crippen molar-refractivity contribution < 1.29 is 64.5 Å². The molecule has 0 fully saturated rings. The fourth-order valence-corrected chi connectivity index (χ4v) is 4.39. The molecule has 0 heterocycles. The van der Waals surface area contributed by atoms with E-state index in [9.17, 15) is 44.1 Å². The first kappa shape index (κ1) is 37.5.